The monoisotopic (exact) mass is 291 g/mol. The molecule has 0 aromatic carbocycles. The van der Waals surface area contributed by atoms with Crippen molar-refractivity contribution in [3.8, 4) is 0 Å². The van der Waals surface area contributed by atoms with E-state index in [-0.39, 0.29) is 5.41 Å². The number of hydrogen-bond acceptors (Lipinski definition) is 2. The van der Waals surface area contributed by atoms with E-state index in [0.29, 0.717) is 0 Å². The van der Waals surface area contributed by atoms with Gasteiger partial charge >= 0.3 is 0 Å². The molecule has 1 aliphatic rings. The lowest BCUT2D eigenvalue weighted by atomic mass is 9.75. The zero-order valence-corrected chi connectivity index (χ0v) is 9.79. The minimum Gasteiger partial charge on any atom is -0.448 e. The smallest absolute Gasteiger partial charge is 0.200 e. The van der Waals surface area contributed by atoms with Gasteiger partial charge in [-0.05, 0) is 12.8 Å². The fourth-order valence-electron chi connectivity index (χ4n) is 2.12. The highest BCUT2D eigenvalue weighted by atomic mass is 127. The van der Waals surface area contributed by atoms with Crippen LogP contribution >= 0.6 is 22.6 Å². The lowest BCUT2D eigenvalue weighted by Crippen LogP contribution is -2.31. The minimum atomic E-state index is 0.252. The highest BCUT2D eigenvalue weighted by Crippen LogP contribution is 2.39. The molecule has 0 radical (unpaired) electrons. The summed E-state index contributed by atoms with van der Waals surface area (Å²) in [6.45, 7) is 0. The van der Waals surface area contributed by atoms with Crippen molar-refractivity contribution in [1.82, 2.24) is 4.98 Å². The molecule has 0 amide bonds. The molecule has 1 aromatic rings. The normalized spacial score (nSPS) is 21.6. The lowest BCUT2D eigenvalue weighted by molar-refractivity contribution is 0.266. The van der Waals surface area contributed by atoms with Gasteiger partial charge in [-0.3, -0.25) is 0 Å². The van der Waals surface area contributed by atoms with Crippen LogP contribution in [0.5, 0.6) is 0 Å². The molecule has 0 saturated heterocycles. The van der Waals surface area contributed by atoms with E-state index in [0.717, 1.165) is 10.3 Å². The van der Waals surface area contributed by atoms with Crippen molar-refractivity contribution in [2.75, 3.05) is 4.43 Å². The number of alkyl halides is 1. The van der Waals surface area contributed by atoms with Crippen LogP contribution in [0.1, 0.15) is 38.0 Å². The average molecular weight is 291 g/mol. The molecule has 3 heteroatoms. The molecule has 13 heavy (non-hydrogen) atoms. The Bertz CT molecular complexity index is 252. The molecule has 1 saturated carbocycles. The zero-order valence-electron chi connectivity index (χ0n) is 7.63. The molecule has 0 atom stereocenters. The largest absolute Gasteiger partial charge is 0.448 e. The van der Waals surface area contributed by atoms with Gasteiger partial charge in [0.2, 0.25) is 5.89 Å². The number of hydrogen-bond donors (Lipinski definition) is 0. The molecule has 1 fully saturated rings. The van der Waals surface area contributed by atoms with Crippen LogP contribution in [0.15, 0.2) is 16.9 Å². The third-order valence-electron chi connectivity index (χ3n) is 2.95. The lowest BCUT2D eigenvalue weighted by Gasteiger charge is -2.32. The van der Waals surface area contributed by atoms with Gasteiger partial charge in [0.25, 0.3) is 0 Å². The van der Waals surface area contributed by atoms with Crippen molar-refractivity contribution in [2.45, 2.75) is 37.5 Å². The fourth-order valence-corrected chi connectivity index (χ4v) is 3.21. The molecule has 0 unspecified atom stereocenters. The molecule has 2 nitrogen and oxygen atoms in total. The van der Waals surface area contributed by atoms with Gasteiger partial charge in [-0.1, -0.05) is 41.9 Å². The second kappa shape index (κ2) is 3.98. The van der Waals surface area contributed by atoms with Crippen molar-refractivity contribution in [1.29, 1.82) is 0 Å². The summed E-state index contributed by atoms with van der Waals surface area (Å²) in [5.74, 6) is 0.960. The summed E-state index contributed by atoms with van der Waals surface area (Å²) < 4.78 is 6.58. The van der Waals surface area contributed by atoms with Crippen LogP contribution in [-0.2, 0) is 5.41 Å². The van der Waals surface area contributed by atoms with E-state index in [1.54, 1.807) is 12.5 Å². The van der Waals surface area contributed by atoms with Gasteiger partial charge in [-0.15, -0.1) is 0 Å². The molecule has 1 aromatic heterocycles. The molecule has 0 N–H and O–H groups in total. The maximum absolute atomic E-state index is 5.45. The van der Waals surface area contributed by atoms with E-state index >= 15 is 0 Å². The van der Waals surface area contributed by atoms with Gasteiger partial charge in [0.05, 0.1) is 11.6 Å². The second-order valence-corrected chi connectivity index (χ2v) is 4.57. The molecule has 0 bridgehead atoms. The number of nitrogens with zero attached hydrogens (tertiary/aromatic N) is 1. The van der Waals surface area contributed by atoms with Crippen molar-refractivity contribution >= 4 is 22.6 Å². The molecule has 0 aliphatic heterocycles. The molecule has 0 spiro atoms. The van der Waals surface area contributed by atoms with Crippen molar-refractivity contribution in [3.63, 3.8) is 0 Å². The first kappa shape index (κ1) is 9.49. The number of halogens is 1. The Balaban J connectivity index is 2.23. The quantitative estimate of drug-likeness (QED) is 0.617. The first-order valence-corrected chi connectivity index (χ1v) is 6.36. The highest BCUT2D eigenvalue weighted by molar-refractivity contribution is 14.1. The van der Waals surface area contributed by atoms with E-state index in [9.17, 15) is 0 Å². The summed E-state index contributed by atoms with van der Waals surface area (Å²) in [4.78, 5) is 4.31. The SMILES string of the molecule is ICC1(c2ncco2)CCCCC1. The number of rotatable bonds is 2. The Morgan fingerprint density at radius 2 is 2.15 bits per heavy atom. The highest BCUT2D eigenvalue weighted by Gasteiger charge is 2.36. The molecule has 2 rings (SSSR count). The first-order valence-electron chi connectivity index (χ1n) is 4.83. The van der Waals surface area contributed by atoms with Crippen LogP contribution in [0.3, 0.4) is 0 Å². The van der Waals surface area contributed by atoms with Crippen LogP contribution < -0.4 is 0 Å². The third kappa shape index (κ3) is 1.75. The summed E-state index contributed by atoms with van der Waals surface area (Å²) >= 11 is 2.46. The first-order chi connectivity index (χ1) is 6.37. The summed E-state index contributed by atoms with van der Waals surface area (Å²) in [5, 5.41) is 0. The summed E-state index contributed by atoms with van der Waals surface area (Å²) in [6, 6.07) is 0. The van der Waals surface area contributed by atoms with Gasteiger partial charge in [0.15, 0.2) is 0 Å². The predicted molar refractivity (Wildman–Crippen MR) is 60.2 cm³/mol. The second-order valence-electron chi connectivity index (χ2n) is 3.81. The Morgan fingerprint density at radius 3 is 2.69 bits per heavy atom. The fraction of sp³-hybridized carbons (Fsp3) is 0.700. The van der Waals surface area contributed by atoms with Crippen molar-refractivity contribution in [2.24, 2.45) is 0 Å². The summed E-state index contributed by atoms with van der Waals surface area (Å²) in [6.07, 6.45) is 9.97. The van der Waals surface area contributed by atoms with E-state index < -0.39 is 0 Å². The van der Waals surface area contributed by atoms with Crippen LogP contribution in [0.4, 0.5) is 0 Å². The maximum atomic E-state index is 5.45. The van der Waals surface area contributed by atoms with E-state index in [1.807, 2.05) is 0 Å². The van der Waals surface area contributed by atoms with Gasteiger partial charge in [-0.25, -0.2) is 4.98 Å². The van der Waals surface area contributed by atoms with Gasteiger partial charge in [0.1, 0.15) is 6.26 Å². The molecular weight excluding hydrogens is 277 g/mol. The Labute approximate surface area is 92.3 Å². The third-order valence-corrected chi connectivity index (χ3v) is 4.41. The van der Waals surface area contributed by atoms with Crippen LogP contribution in [0, 0.1) is 0 Å². The standard InChI is InChI=1S/C10H14INO/c11-8-10(4-2-1-3-5-10)9-12-6-7-13-9/h6-7H,1-5,8H2. The Hall–Kier alpha value is -0.0600. The number of oxazole rings is 1. The Morgan fingerprint density at radius 1 is 1.38 bits per heavy atom. The van der Waals surface area contributed by atoms with E-state index in [2.05, 4.69) is 27.6 Å². The predicted octanol–water partition coefficient (Wildman–Crippen LogP) is 3.31. The molecule has 1 aliphatic carbocycles. The van der Waals surface area contributed by atoms with Crippen molar-refractivity contribution < 1.29 is 4.42 Å². The van der Waals surface area contributed by atoms with E-state index in [4.69, 9.17) is 4.42 Å². The van der Waals surface area contributed by atoms with Crippen molar-refractivity contribution in [3.05, 3.63) is 18.4 Å². The number of aromatic nitrogens is 1. The average Bonchev–Trinajstić information content (AvgIpc) is 2.72. The van der Waals surface area contributed by atoms with Crippen LogP contribution in [-0.4, -0.2) is 9.41 Å². The van der Waals surface area contributed by atoms with E-state index in [1.165, 1.54) is 32.1 Å². The summed E-state index contributed by atoms with van der Waals surface area (Å²) in [5.41, 5.74) is 0.252. The molecule has 1 heterocycles. The summed E-state index contributed by atoms with van der Waals surface area (Å²) in [7, 11) is 0. The maximum Gasteiger partial charge on any atom is 0.200 e. The van der Waals surface area contributed by atoms with Gasteiger partial charge in [0, 0.05) is 4.43 Å². The van der Waals surface area contributed by atoms with Gasteiger partial charge in [-0.2, -0.15) is 0 Å². The van der Waals surface area contributed by atoms with Gasteiger partial charge < -0.3 is 4.42 Å². The minimum absolute atomic E-state index is 0.252. The zero-order chi connectivity index (χ0) is 9.15. The van der Waals surface area contributed by atoms with Crippen LogP contribution in [0.25, 0.3) is 0 Å². The topological polar surface area (TPSA) is 26.0 Å². The van der Waals surface area contributed by atoms with Crippen LogP contribution in [0.2, 0.25) is 0 Å². The Kier molecular flexibility index (Phi) is 2.91. The molecule has 72 valence electrons. The molecular formula is C10H14INO.